The van der Waals surface area contributed by atoms with Crippen molar-refractivity contribution >= 4 is 6.09 Å². The zero-order valence-electron chi connectivity index (χ0n) is 12.5. The summed E-state index contributed by atoms with van der Waals surface area (Å²) in [5.74, 6) is 0.603. The minimum atomic E-state index is -0.464. The molecule has 1 aliphatic rings. The molecule has 0 spiro atoms. The van der Waals surface area contributed by atoms with Crippen molar-refractivity contribution < 1.29 is 14.3 Å². The monoisotopic (exact) mass is 278 g/mol. The molecule has 0 saturated carbocycles. The number of aryl methyl sites for hydroxylation is 1. The van der Waals surface area contributed by atoms with Crippen molar-refractivity contribution in [3.8, 4) is 5.88 Å². The average Bonchev–Trinajstić information content (AvgIpc) is 2.79. The minimum Gasteiger partial charge on any atom is -0.472 e. The van der Waals surface area contributed by atoms with Crippen LogP contribution in [-0.4, -0.2) is 40.8 Å². The Labute approximate surface area is 119 Å². The molecule has 1 aromatic heterocycles. The highest BCUT2D eigenvalue weighted by atomic mass is 16.6. The van der Waals surface area contributed by atoms with Crippen molar-refractivity contribution in [2.45, 2.75) is 45.8 Å². The largest absolute Gasteiger partial charge is 0.472 e. The standard InChI is InChI=1S/C15H22N2O3/c1-11-5-6-13(16-9-11)19-12-7-8-17(10-12)14(18)20-15(2,3)4/h5-6,9,12H,7-8,10H2,1-4H3/t12-/m1/s1. The fourth-order valence-corrected chi connectivity index (χ4v) is 2.01. The van der Waals surface area contributed by atoms with Crippen LogP contribution in [0.5, 0.6) is 5.88 Å². The van der Waals surface area contributed by atoms with E-state index in [0.717, 1.165) is 12.0 Å². The predicted molar refractivity (Wildman–Crippen MR) is 75.8 cm³/mol. The first kappa shape index (κ1) is 14.6. The molecule has 0 unspecified atom stereocenters. The lowest BCUT2D eigenvalue weighted by Gasteiger charge is -2.24. The van der Waals surface area contributed by atoms with E-state index >= 15 is 0 Å². The number of aromatic nitrogens is 1. The van der Waals surface area contributed by atoms with Crippen molar-refractivity contribution in [1.82, 2.24) is 9.88 Å². The molecule has 1 atom stereocenters. The molecule has 0 aromatic carbocycles. The first-order chi connectivity index (χ1) is 9.33. The molecule has 0 aliphatic carbocycles. The van der Waals surface area contributed by atoms with Crippen molar-refractivity contribution in [3.63, 3.8) is 0 Å². The van der Waals surface area contributed by atoms with E-state index < -0.39 is 5.60 Å². The molecule has 5 heteroatoms. The van der Waals surface area contributed by atoms with Crippen LogP contribution in [0.1, 0.15) is 32.8 Å². The summed E-state index contributed by atoms with van der Waals surface area (Å²) in [6, 6.07) is 3.81. The van der Waals surface area contributed by atoms with Crippen LogP contribution in [0.2, 0.25) is 0 Å². The van der Waals surface area contributed by atoms with E-state index in [1.165, 1.54) is 0 Å². The summed E-state index contributed by atoms with van der Waals surface area (Å²) in [6.45, 7) is 8.79. The predicted octanol–water partition coefficient (Wildman–Crippen LogP) is 2.78. The van der Waals surface area contributed by atoms with Gasteiger partial charge >= 0.3 is 6.09 Å². The van der Waals surface area contributed by atoms with E-state index in [1.54, 1.807) is 11.1 Å². The Kier molecular flexibility index (Phi) is 4.16. The van der Waals surface area contributed by atoms with Gasteiger partial charge in [-0.2, -0.15) is 0 Å². The van der Waals surface area contributed by atoms with Gasteiger partial charge in [-0.15, -0.1) is 0 Å². The van der Waals surface area contributed by atoms with Gasteiger partial charge in [-0.05, 0) is 33.3 Å². The molecule has 110 valence electrons. The van der Waals surface area contributed by atoms with Crippen LogP contribution >= 0.6 is 0 Å². The summed E-state index contributed by atoms with van der Waals surface area (Å²) in [5.41, 5.74) is 0.633. The number of carbonyl (C=O) groups excluding carboxylic acids is 1. The Bertz CT molecular complexity index is 465. The summed E-state index contributed by atoms with van der Waals surface area (Å²) >= 11 is 0. The summed E-state index contributed by atoms with van der Waals surface area (Å²) in [7, 11) is 0. The quantitative estimate of drug-likeness (QED) is 0.834. The highest BCUT2D eigenvalue weighted by molar-refractivity contribution is 5.68. The molecule has 20 heavy (non-hydrogen) atoms. The zero-order valence-corrected chi connectivity index (χ0v) is 12.5. The van der Waals surface area contributed by atoms with Crippen LogP contribution in [0.15, 0.2) is 18.3 Å². The van der Waals surface area contributed by atoms with Gasteiger partial charge in [-0.3, -0.25) is 0 Å². The van der Waals surface area contributed by atoms with Gasteiger partial charge in [-0.1, -0.05) is 6.07 Å². The van der Waals surface area contributed by atoms with Crippen molar-refractivity contribution in [2.24, 2.45) is 0 Å². The van der Waals surface area contributed by atoms with Gasteiger partial charge in [0, 0.05) is 25.2 Å². The summed E-state index contributed by atoms with van der Waals surface area (Å²) < 4.78 is 11.1. The minimum absolute atomic E-state index is 0.0160. The maximum absolute atomic E-state index is 11.9. The number of rotatable bonds is 2. The third-order valence-corrected chi connectivity index (χ3v) is 2.97. The lowest BCUT2D eigenvalue weighted by Crippen LogP contribution is -2.36. The van der Waals surface area contributed by atoms with E-state index in [2.05, 4.69) is 4.98 Å². The van der Waals surface area contributed by atoms with Crippen LogP contribution < -0.4 is 4.74 Å². The fraction of sp³-hybridized carbons (Fsp3) is 0.600. The van der Waals surface area contributed by atoms with Gasteiger partial charge < -0.3 is 14.4 Å². The summed E-state index contributed by atoms with van der Waals surface area (Å²) in [4.78, 5) is 17.8. The highest BCUT2D eigenvalue weighted by Gasteiger charge is 2.30. The lowest BCUT2D eigenvalue weighted by atomic mass is 10.2. The van der Waals surface area contributed by atoms with Crippen LogP contribution in [-0.2, 0) is 4.74 Å². The van der Waals surface area contributed by atoms with Crippen LogP contribution in [0.3, 0.4) is 0 Å². The Morgan fingerprint density at radius 2 is 2.15 bits per heavy atom. The molecular weight excluding hydrogens is 256 g/mol. The third kappa shape index (κ3) is 4.11. The Hall–Kier alpha value is -1.78. The SMILES string of the molecule is Cc1ccc(O[C@@H]2CCN(C(=O)OC(C)(C)C)C2)nc1. The molecule has 5 nitrogen and oxygen atoms in total. The van der Waals surface area contributed by atoms with Crippen molar-refractivity contribution in [1.29, 1.82) is 0 Å². The Balaban J connectivity index is 1.86. The smallest absolute Gasteiger partial charge is 0.410 e. The molecule has 0 N–H and O–H groups in total. The molecule has 1 fully saturated rings. The molecular formula is C15H22N2O3. The fourth-order valence-electron chi connectivity index (χ4n) is 2.01. The van der Waals surface area contributed by atoms with Crippen LogP contribution in [0, 0.1) is 6.92 Å². The molecule has 0 radical (unpaired) electrons. The molecule has 2 heterocycles. The molecule has 2 rings (SSSR count). The number of ether oxygens (including phenoxy) is 2. The second-order valence-corrected chi connectivity index (χ2v) is 6.13. The van der Waals surface area contributed by atoms with Gasteiger partial charge in [-0.25, -0.2) is 9.78 Å². The molecule has 0 bridgehead atoms. The summed E-state index contributed by atoms with van der Waals surface area (Å²) in [6.07, 6.45) is 2.28. The zero-order chi connectivity index (χ0) is 14.8. The van der Waals surface area contributed by atoms with E-state index in [-0.39, 0.29) is 12.2 Å². The van der Waals surface area contributed by atoms with Gasteiger partial charge in [0.15, 0.2) is 0 Å². The number of hydrogen-bond donors (Lipinski definition) is 0. The topological polar surface area (TPSA) is 51.7 Å². The molecule has 1 aromatic rings. The van der Waals surface area contributed by atoms with E-state index in [1.807, 2.05) is 39.8 Å². The number of hydrogen-bond acceptors (Lipinski definition) is 4. The van der Waals surface area contributed by atoms with Gasteiger partial charge in [0.2, 0.25) is 5.88 Å². The number of pyridine rings is 1. The first-order valence-corrected chi connectivity index (χ1v) is 6.91. The highest BCUT2D eigenvalue weighted by Crippen LogP contribution is 2.19. The normalized spacial score (nSPS) is 19.0. The number of amides is 1. The Morgan fingerprint density at radius 3 is 2.75 bits per heavy atom. The Morgan fingerprint density at radius 1 is 1.40 bits per heavy atom. The number of nitrogens with zero attached hydrogens (tertiary/aromatic N) is 2. The number of carbonyl (C=O) groups is 1. The summed E-state index contributed by atoms with van der Waals surface area (Å²) in [5, 5.41) is 0. The second-order valence-electron chi connectivity index (χ2n) is 6.13. The van der Waals surface area contributed by atoms with E-state index in [0.29, 0.717) is 19.0 Å². The third-order valence-electron chi connectivity index (χ3n) is 2.97. The number of likely N-dealkylation sites (tertiary alicyclic amines) is 1. The van der Waals surface area contributed by atoms with E-state index in [9.17, 15) is 4.79 Å². The van der Waals surface area contributed by atoms with E-state index in [4.69, 9.17) is 9.47 Å². The molecule has 1 saturated heterocycles. The average molecular weight is 278 g/mol. The molecule has 1 amide bonds. The van der Waals surface area contributed by atoms with Crippen LogP contribution in [0.4, 0.5) is 4.79 Å². The second kappa shape index (κ2) is 5.69. The van der Waals surface area contributed by atoms with Gasteiger partial charge in [0.05, 0.1) is 6.54 Å². The van der Waals surface area contributed by atoms with Crippen molar-refractivity contribution in [3.05, 3.63) is 23.9 Å². The van der Waals surface area contributed by atoms with Crippen LogP contribution in [0.25, 0.3) is 0 Å². The van der Waals surface area contributed by atoms with Gasteiger partial charge in [0.25, 0.3) is 0 Å². The van der Waals surface area contributed by atoms with Gasteiger partial charge in [0.1, 0.15) is 11.7 Å². The molecule has 1 aliphatic heterocycles. The van der Waals surface area contributed by atoms with Crippen molar-refractivity contribution in [2.75, 3.05) is 13.1 Å². The maximum atomic E-state index is 11.9. The maximum Gasteiger partial charge on any atom is 0.410 e. The first-order valence-electron chi connectivity index (χ1n) is 6.91. The lowest BCUT2D eigenvalue weighted by molar-refractivity contribution is 0.0275.